The maximum atomic E-state index is 11.4. The fourth-order valence-corrected chi connectivity index (χ4v) is 4.30. The number of hydrogen-bond donors (Lipinski definition) is 1. The second kappa shape index (κ2) is 5.87. The van der Waals surface area contributed by atoms with Gasteiger partial charge >= 0.3 is 6.09 Å². The number of carbonyl (C=O) groups excluding carboxylic acids is 1. The molecule has 1 spiro atoms. The van der Waals surface area contributed by atoms with Crippen LogP contribution in [0.25, 0.3) is 11.4 Å². The molecule has 0 saturated carbocycles. The van der Waals surface area contributed by atoms with Gasteiger partial charge in [0.05, 0.1) is 6.54 Å². The Morgan fingerprint density at radius 1 is 1.26 bits per heavy atom. The van der Waals surface area contributed by atoms with Crippen molar-refractivity contribution in [1.82, 2.24) is 20.1 Å². The predicted octanol–water partition coefficient (Wildman–Crippen LogP) is 1.88. The van der Waals surface area contributed by atoms with Gasteiger partial charge in [0.2, 0.25) is 5.95 Å². The van der Waals surface area contributed by atoms with Crippen LogP contribution >= 0.6 is 0 Å². The Bertz CT molecular complexity index is 901. The second-order valence-corrected chi connectivity index (χ2v) is 7.75. The van der Waals surface area contributed by atoms with Gasteiger partial charge in [0.25, 0.3) is 0 Å². The number of nitrogens with one attached hydrogen (secondary N) is 1. The first-order valence-electron chi connectivity index (χ1n) is 9.44. The van der Waals surface area contributed by atoms with Crippen LogP contribution < -0.4 is 15.0 Å². The van der Waals surface area contributed by atoms with Gasteiger partial charge in [-0.25, -0.2) is 4.79 Å². The van der Waals surface area contributed by atoms with Crippen LogP contribution in [0, 0.1) is 0 Å². The number of nitrogens with zero attached hydrogens (tertiary/aromatic N) is 4. The standard InChI is InChI=1S/C19H23N5O3/c1-12-9-14-10-13(3-4-15(14)26-12)16-21-22-17(23(16)2)24-7-5-19(6-8-24)11-20-18(25)27-19/h3-4,10,12H,5-9,11H2,1-2H3,(H,20,25). The first-order chi connectivity index (χ1) is 13.0. The molecule has 8 nitrogen and oxygen atoms in total. The van der Waals surface area contributed by atoms with Crippen molar-refractivity contribution in [1.29, 1.82) is 0 Å². The van der Waals surface area contributed by atoms with E-state index in [1.807, 2.05) is 23.7 Å². The van der Waals surface area contributed by atoms with Crippen molar-refractivity contribution < 1.29 is 14.3 Å². The van der Waals surface area contributed by atoms with Crippen molar-refractivity contribution >= 4 is 12.0 Å². The summed E-state index contributed by atoms with van der Waals surface area (Å²) in [5, 5.41) is 11.7. The minimum absolute atomic E-state index is 0.227. The van der Waals surface area contributed by atoms with Crippen molar-refractivity contribution in [2.75, 3.05) is 24.5 Å². The zero-order valence-electron chi connectivity index (χ0n) is 15.6. The van der Waals surface area contributed by atoms with Crippen LogP contribution in [-0.4, -0.2) is 52.2 Å². The summed E-state index contributed by atoms with van der Waals surface area (Å²) in [6, 6.07) is 6.22. The summed E-state index contributed by atoms with van der Waals surface area (Å²) in [6.45, 7) is 4.26. The van der Waals surface area contributed by atoms with Gasteiger partial charge in [-0.15, -0.1) is 10.2 Å². The average molecular weight is 369 g/mol. The highest BCUT2D eigenvalue weighted by Crippen LogP contribution is 2.34. The van der Waals surface area contributed by atoms with Crippen molar-refractivity contribution in [2.45, 2.75) is 37.9 Å². The summed E-state index contributed by atoms with van der Waals surface area (Å²) >= 11 is 0. The number of aromatic nitrogens is 3. The molecule has 3 aliphatic heterocycles. The number of hydrogen-bond acceptors (Lipinski definition) is 6. The van der Waals surface area contributed by atoms with Gasteiger partial charge < -0.3 is 19.7 Å². The van der Waals surface area contributed by atoms with E-state index in [9.17, 15) is 4.79 Å². The highest BCUT2D eigenvalue weighted by atomic mass is 16.6. The van der Waals surface area contributed by atoms with E-state index in [1.165, 1.54) is 5.56 Å². The van der Waals surface area contributed by atoms with Crippen LogP contribution in [0.2, 0.25) is 0 Å². The molecule has 2 saturated heterocycles. The molecule has 5 rings (SSSR count). The Labute approximate surface area is 157 Å². The fourth-order valence-electron chi connectivity index (χ4n) is 4.30. The molecule has 1 atom stereocenters. The number of alkyl carbamates (subject to hydrolysis) is 1. The number of piperidine rings is 1. The molecule has 8 heteroatoms. The summed E-state index contributed by atoms with van der Waals surface area (Å²) in [5.41, 5.74) is 1.92. The molecule has 1 amide bonds. The monoisotopic (exact) mass is 369 g/mol. The SMILES string of the molecule is CC1Cc2cc(-c3nnc(N4CCC5(CC4)CNC(=O)O5)n3C)ccc2O1. The molecule has 27 heavy (non-hydrogen) atoms. The molecule has 1 N–H and O–H groups in total. The van der Waals surface area contributed by atoms with Crippen LogP contribution in [0.4, 0.5) is 10.7 Å². The molecule has 1 unspecified atom stereocenters. The number of fused-ring (bicyclic) bond motifs is 1. The van der Waals surface area contributed by atoms with Crippen LogP contribution in [0.5, 0.6) is 5.75 Å². The van der Waals surface area contributed by atoms with E-state index in [0.29, 0.717) is 6.54 Å². The molecule has 0 aliphatic carbocycles. The van der Waals surface area contributed by atoms with Gasteiger partial charge in [0, 0.05) is 45.0 Å². The van der Waals surface area contributed by atoms with Crippen LogP contribution in [0.15, 0.2) is 18.2 Å². The smallest absolute Gasteiger partial charge is 0.407 e. The molecule has 142 valence electrons. The van der Waals surface area contributed by atoms with Crippen LogP contribution in [0.3, 0.4) is 0 Å². The van der Waals surface area contributed by atoms with Gasteiger partial charge in [0.15, 0.2) is 5.82 Å². The normalized spacial score (nSPS) is 23.1. The van der Waals surface area contributed by atoms with Crippen molar-refractivity contribution in [2.24, 2.45) is 7.05 Å². The van der Waals surface area contributed by atoms with Crippen LogP contribution in [0.1, 0.15) is 25.3 Å². The van der Waals surface area contributed by atoms with Crippen LogP contribution in [-0.2, 0) is 18.2 Å². The molecule has 2 aromatic rings. The molecule has 1 aromatic carbocycles. The maximum absolute atomic E-state index is 11.4. The molecule has 2 fully saturated rings. The Hall–Kier alpha value is -2.77. The van der Waals surface area contributed by atoms with E-state index in [-0.39, 0.29) is 17.8 Å². The minimum Gasteiger partial charge on any atom is -0.490 e. The fraction of sp³-hybridized carbons (Fsp3) is 0.526. The number of carbonyl (C=O) groups is 1. The van der Waals surface area contributed by atoms with E-state index in [0.717, 1.165) is 55.4 Å². The molecule has 0 radical (unpaired) electrons. The molecule has 3 aliphatic rings. The third kappa shape index (κ3) is 2.70. The second-order valence-electron chi connectivity index (χ2n) is 7.75. The van der Waals surface area contributed by atoms with E-state index < -0.39 is 0 Å². The molecule has 1 aromatic heterocycles. The lowest BCUT2D eigenvalue weighted by Gasteiger charge is -2.37. The lowest BCUT2D eigenvalue weighted by atomic mass is 9.92. The lowest BCUT2D eigenvalue weighted by Crippen LogP contribution is -2.47. The summed E-state index contributed by atoms with van der Waals surface area (Å²) < 4.78 is 13.3. The Morgan fingerprint density at radius 2 is 2.07 bits per heavy atom. The first kappa shape index (κ1) is 16.4. The van der Waals surface area contributed by atoms with Crippen molar-refractivity contribution in [3.63, 3.8) is 0 Å². The number of anilines is 1. The predicted molar refractivity (Wildman–Crippen MR) is 98.9 cm³/mol. The number of amides is 1. The molecule has 0 bridgehead atoms. The third-order valence-corrected chi connectivity index (χ3v) is 5.83. The van der Waals surface area contributed by atoms with E-state index in [1.54, 1.807) is 0 Å². The first-order valence-corrected chi connectivity index (χ1v) is 9.44. The quantitative estimate of drug-likeness (QED) is 0.871. The van der Waals surface area contributed by atoms with E-state index >= 15 is 0 Å². The summed E-state index contributed by atoms with van der Waals surface area (Å²) in [5.74, 6) is 2.67. The number of rotatable bonds is 2. The largest absolute Gasteiger partial charge is 0.490 e. The Kier molecular flexibility index (Phi) is 3.57. The summed E-state index contributed by atoms with van der Waals surface area (Å²) in [6.07, 6.45) is 2.43. The highest BCUT2D eigenvalue weighted by Gasteiger charge is 2.43. The maximum Gasteiger partial charge on any atom is 0.407 e. The zero-order chi connectivity index (χ0) is 18.6. The minimum atomic E-state index is -0.355. The van der Waals surface area contributed by atoms with Crippen molar-refractivity contribution in [3.05, 3.63) is 23.8 Å². The van der Waals surface area contributed by atoms with Gasteiger partial charge in [-0.2, -0.15) is 0 Å². The topological polar surface area (TPSA) is 81.5 Å². The Morgan fingerprint density at radius 3 is 2.81 bits per heavy atom. The lowest BCUT2D eigenvalue weighted by molar-refractivity contribution is 0.0364. The number of benzene rings is 1. The molecule has 4 heterocycles. The average Bonchev–Trinajstić information content (AvgIpc) is 3.32. The van der Waals surface area contributed by atoms with E-state index in [2.05, 4.69) is 33.4 Å². The molecular weight excluding hydrogens is 346 g/mol. The number of ether oxygens (including phenoxy) is 2. The third-order valence-electron chi connectivity index (χ3n) is 5.83. The van der Waals surface area contributed by atoms with Gasteiger partial charge in [-0.3, -0.25) is 4.57 Å². The summed E-state index contributed by atoms with van der Waals surface area (Å²) in [7, 11) is 2.00. The molecular formula is C19H23N5O3. The van der Waals surface area contributed by atoms with Crippen molar-refractivity contribution in [3.8, 4) is 17.1 Å². The zero-order valence-corrected chi connectivity index (χ0v) is 15.6. The van der Waals surface area contributed by atoms with Gasteiger partial charge in [0.1, 0.15) is 17.5 Å². The van der Waals surface area contributed by atoms with Gasteiger partial charge in [-0.05, 0) is 30.7 Å². The Balaban J connectivity index is 1.36. The summed E-state index contributed by atoms with van der Waals surface area (Å²) in [4.78, 5) is 13.6. The van der Waals surface area contributed by atoms with Gasteiger partial charge in [-0.1, -0.05) is 0 Å². The highest BCUT2D eigenvalue weighted by molar-refractivity contribution is 5.70. The van der Waals surface area contributed by atoms with E-state index in [4.69, 9.17) is 9.47 Å².